The molecule has 0 spiro atoms. The number of hydrogen-bond donors (Lipinski definition) is 1. The molecule has 5 heteroatoms. The number of carbonyl (C=O) groups excluding carboxylic acids is 1. The highest BCUT2D eigenvalue weighted by Crippen LogP contribution is 2.44. The van der Waals surface area contributed by atoms with E-state index in [1.165, 1.54) is 12.0 Å². The number of aliphatic carboxylic acids is 1. The highest BCUT2D eigenvalue weighted by atomic mass is 16.5. The molecule has 1 amide bonds. The molecule has 0 aliphatic carbocycles. The Morgan fingerprint density at radius 3 is 2.73 bits per heavy atom. The zero-order valence-corrected chi connectivity index (χ0v) is 8.73. The average Bonchev–Trinajstić information content (AvgIpc) is 2.45. The van der Waals surface area contributed by atoms with Crippen LogP contribution in [0.15, 0.2) is 0 Å². The molecule has 2 atom stereocenters. The summed E-state index contributed by atoms with van der Waals surface area (Å²) < 4.78 is 4.67. The van der Waals surface area contributed by atoms with Crippen molar-refractivity contribution in [3.05, 3.63) is 0 Å². The average molecular weight is 213 g/mol. The lowest BCUT2D eigenvalue weighted by atomic mass is 9.89. The Hall–Kier alpha value is -1.26. The van der Waals surface area contributed by atoms with Crippen molar-refractivity contribution in [2.75, 3.05) is 7.11 Å². The molecule has 5 nitrogen and oxygen atoms in total. The van der Waals surface area contributed by atoms with E-state index in [-0.39, 0.29) is 6.04 Å². The van der Waals surface area contributed by atoms with E-state index in [0.29, 0.717) is 12.8 Å². The fourth-order valence-electron chi connectivity index (χ4n) is 2.89. The van der Waals surface area contributed by atoms with Gasteiger partial charge in [-0.3, -0.25) is 4.90 Å². The summed E-state index contributed by atoms with van der Waals surface area (Å²) in [4.78, 5) is 24.3. The summed E-state index contributed by atoms with van der Waals surface area (Å²) in [6.07, 6.45) is 3.16. The Kier molecular flexibility index (Phi) is 2.32. The number of nitrogens with zero attached hydrogens (tertiary/aromatic N) is 1. The Morgan fingerprint density at radius 1 is 1.40 bits per heavy atom. The van der Waals surface area contributed by atoms with Crippen molar-refractivity contribution in [1.82, 2.24) is 4.90 Å². The minimum absolute atomic E-state index is 0.0577. The van der Waals surface area contributed by atoms with Crippen LogP contribution in [0.5, 0.6) is 0 Å². The summed E-state index contributed by atoms with van der Waals surface area (Å²) in [5.74, 6) is -0.893. The minimum atomic E-state index is -0.990. The fourth-order valence-corrected chi connectivity index (χ4v) is 2.89. The smallest absolute Gasteiger partial charge is 0.410 e. The van der Waals surface area contributed by atoms with E-state index < -0.39 is 17.6 Å². The molecular formula is C10H15NO4. The summed E-state index contributed by atoms with van der Waals surface area (Å²) in [5, 5.41) is 9.28. The number of carbonyl (C=O) groups is 2. The van der Waals surface area contributed by atoms with Crippen molar-refractivity contribution in [1.29, 1.82) is 0 Å². The number of methoxy groups -OCH3 is 1. The lowest BCUT2D eigenvalue weighted by Gasteiger charge is -2.40. The van der Waals surface area contributed by atoms with Gasteiger partial charge in [0.05, 0.1) is 7.11 Å². The molecule has 0 aromatic heterocycles. The Balaban J connectivity index is 2.34. The standard InChI is InChI=1S/C10H15NO4/c1-15-9(14)11-7-3-2-5-10(11,6-4-7)8(12)13/h7H,2-6H2,1H3,(H,12,13)/t7?,10-/m1/s1. The molecule has 2 heterocycles. The third-order valence-electron chi connectivity index (χ3n) is 3.61. The highest BCUT2D eigenvalue weighted by molar-refractivity contribution is 5.85. The first-order valence-corrected chi connectivity index (χ1v) is 5.22. The van der Waals surface area contributed by atoms with Crippen molar-refractivity contribution < 1.29 is 19.4 Å². The first kappa shape index (κ1) is 10.3. The van der Waals surface area contributed by atoms with Crippen molar-refractivity contribution in [2.24, 2.45) is 0 Å². The first-order chi connectivity index (χ1) is 7.12. The molecule has 15 heavy (non-hydrogen) atoms. The first-order valence-electron chi connectivity index (χ1n) is 5.22. The maximum atomic E-state index is 11.6. The van der Waals surface area contributed by atoms with Crippen LogP contribution >= 0.6 is 0 Å². The second-order valence-corrected chi connectivity index (χ2v) is 4.26. The van der Waals surface area contributed by atoms with E-state index in [4.69, 9.17) is 0 Å². The van der Waals surface area contributed by atoms with Crippen molar-refractivity contribution in [2.45, 2.75) is 43.7 Å². The number of fused-ring (bicyclic) bond motifs is 2. The van der Waals surface area contributed by atoms with Gasteiger partial charge in [-0.2, -0.15) is 0 Å². The van der Waals surface area contributed by atoms with Gasteiger partial charge < -0.3 is 9.84 Å². The number of ether oxygens (including phenoxy) is 1. The van der Waals surface area contributed by atoms with Gasteiger partial charge in [0.25, 0.3) is 0 Å². The van der Waals surface area contributed by atoms with E-state index >= 15 is 0 Å². The van der Waals surface area contributed by atoms with Gasteiger partial charge >= 0.3 is 12.1 Å². The summed E-state index contributed by atoms with van der Waals surface area (Å²) in [7, 11) is 1.30. The second-order valence-electron chi connectivity index (χ2n) is 4.26. The molecule has 0 radical (unpaired) electrons. The Labute approximate surface area is 88.0 Å². The van der Waals surface area contributed by atoms with Crippen LogP contribution in [0.25, 0.3) is 0 Å². The van der Waals surface area contributed by atoms with Crippen LogP contribution in [-0.2, 0) is 9.53 Å². The second kappa shape index (κ2) is 3.40. The predicted molar refractivity (Wildman–Crippen MR) is 51.5 cm³/mol. The maximum Gasteiger partial charge on any atom is 0.410 e. The van der Waals surface area contributed by atoms with Gasteiger partial charge in [-0.05, 0) is 32.1 Å². The molecule has 0 aromatic rings. The van der Waals surface area contributed by atoms with Crippen LogP contribution in [0.3, 0.4) is 0 Å². The quantitative estimate of drug-likeness (QED) is 0.711. The fraction of sp³-hybridized carbons (Fsp3) is 0.800. The van der Waals surface area contributed by atoms with Crippen LogP contribution in [0, 0.1) is 0 Å². The molecule has 1 N–H and O–H groups in total. The van der Waals surface area contributed by atoms with Crippen molar-refractivity contribution in [3.63, 3.8) is 0 Å². The zero-order valence-electron chi connectivity index (χ0n) is 8.73. The molecule has 2 bridgehead atoms. The normalized spacial score (nSPS) is 33.9. The van der Waals surface area contributed by atoms with Gasteiger partial charge in [0.15, 0.2) is 0 Å². The topological polar surface area (TPSA) is 66.8 Å². The van der Waals surface area contributed by atoms with Gasteiger partial charge in [0, 0.05) is 6.04 Å². The van der Waals surface area contributed by atoms with Crippen molar-refractivity contribution in [3.8, 4) is 0 Å². The minimum Gasteiger partial charge on any atom is -0.479 e. The third-order valence-corrected chi connectivity index (χ3v) is 3.61. The number of carboxylic acids is 1. The number of piperidine rings is 1. The SMILES string of the molecule is COC(=O)N1C2CCC[C@]1(C(=O)O)CC2. The lowest BCUT2D eigenvalue weighted by molar-refractivity contribution is -0.151. The molecule has 2 aliphatic heterocycles. The Bertz CT molecular complexity index is 300. The number of carboxylic acid groups (broad SMARTS) is 1. The van der Waals surface area contributed by atoms with Crippen molar-refractivity contribution >= 4 is 12.1 Å². The molecule has 2 saturated heterocycles. The number of amides is 1. The van der Waals surface area contributed by atoms with E-state index in [1.807, 2.05) is 0 Å². The van der Waals surface area contributed by atoms with Gasteiger partial charge in [0.2, 0.25) is 0 Å². The van der Waals surface area contributed by atoms with E-state index in [1.54, 1.807) is 0 Å². The monoisotopic (exact) mass is 213 g/mol. The van der Waals surface area contributed by atoms with E-state index in [0.717, 1.165) is 19.3 Å². The van der Waals surface area contributed by atoms with Crippen LogP contribution in [-0.4, -0.2) is 40.8 Å². The molecule has 0 saturated carbocycles. The van der Waals surface area contributed by atoms with Crippen LogP contribution in [0.4, 0.5) is 4.79 Å². The van der Waals surface area contributed by atoms with E-state index in [2.05, 4.69) is 4.74 Å². The molecule has 2 aliphatic rings. The van der Waals surface area contributed by atoms with Crippen LogP contribution in [0.2, 0.25) is 0 Å². The summed E-state index contributed by atoms with van der Waals surface area (Å²) >= 11 is 0. The molecule has 0 aromatic carbocycles. The van der Waals surface area contributed by atoms with Crippen LogP contribution in [0.1, 0.15) is 32.1 Å². The maximum absolute atomic E-state index is 11.6. The summed E-state index contributed by atoms with van der Waals surface area (Å²) in [5.41, 5.74) is -0.990. The van der Waals surface area contributed by atoms with Gasteiger partial charge in [-0.15, -0.1) is 0 Å². The van der Waals surface area contributed by atoms with Gasteiger partial charge in [-0.1, -0.05) is 0 Å². The molecular weight excluding hydrogens is 198 g/mol. The lowest BCUT2D eigenvalue weighted by Crippen LogP contribution is -2.57. The molecule has 84 valence electrons. The summed E-state index contributed by atoms with van der Waals surface area (Å²) in [6, 6.07) is 0.0577. The van der Waals surface area contributed by atoms with E-state index in [9.17, 15) is 14.7 Å². The Morgan fingerprint density at radius 2 is 2.13 bits per heavy atom. The zero-order chi connectivity index (χ0) is 11.1. The molecule has 2 fully saturated rings. The molecule has 1 unspecified atom stereocenters. The largest absolute Gasteiger partial charge is 0.479 e. The summed E-state index contributed by atoms with van der Waals surface area (Å²) in [6.45, 7) is 0. The van der Waals surface area contributed by atoms with Gasteiger partial charge in [0.1, 0.15) is 5.54 Å². The predicted octanol–water partition coefficient (Wildman–Crippen LogP) is 1.22. The van der Waals surface area contributed by atoms with Gasteiger partial charge in [-0.25, -0.2) is 9.59 Å². The molecule has 2 rings (SSSR count). The highest BCUT2D eigenvalue weighted by Gasteiger charge is 2.56. The van der Waals surface area contributed by atoms with Crippen LogP contribution < -0.4 is 0 Å². The number of hydrogen-bond acceptors (Lipinski definition) is 3. The number of rotatable bonds is 1. The third kappa shape index (κ3) is 1.29.